The van der Waals surface area contributed by atoms with E-state index in [0.29, 0.717) is 43.3 Å². The van der Waals surface area contributed by atoms with Crippen LogP contribution in [-0.2, 0) is 26.8 Å². The number of piperidine rings is 1. The third-order valence-electron chi connectivity index (χ3n) is 6.03. The quantitative estimate of drug-likeness (QED) is 0.842. The molecule has 2 aliphatic heterocycles. The smallest absolute Gasteiger partial charge is 0.345 e. The van der Waals surface area contributed by atoms with Crippen molar-refractivity contribution < 1.29 is 23.1 Å². The van der Waals surface area contributed by atoms with Gasteiger partial charge < -0.3 is 9.84 Å². The van der Waals surface area contributed by atoms with Crippen LogP contribution in [0.15, 0.2) is 6.07 Å². The van der Waals surface area contributed by atoms with E-state index in [2.05, 4.69) is 0 Å². The van der Waals surface area contributed by atoms with Gasteiger partial charge in [-0.2, -0.15) is 0 Å². The Balaban J connectivity index is 1.49. The zero-order valence-corrected chi connectivity index (χ0v) is 16.4. The molecule has 144 valence electrons. The van der Waals surface area contributed by atoms with Crippen molar-refractivity contribution in [3.05, 3.63) is 21.4 Å². The molecule has 1 aromatic heterocycles. The summed E-state index contributed by atoms with van der Waals surface area (Å²) in [5.74, 6) is -0.325. The molecule has 2 fully saturated rings. The van der Waals surface area contributed by atoms with Crippen LogP contribution in [0.5, 0.6) is 0 Å². The summed E-state index contributed by atoms with van der Waals surface area (Å²) in [6.07, 6.45) is 6.26. The summed E-state index contributed by atoms with van der Waals surface area (Å²) in [5.41, 5.74) is 0.548. The molecular formula is C18H25NO5S2. The zero-order valence-electron chi connectivity index (χ0n) is 14.8. The first-order valence-electron chi connectivity index (χ1n) is 9.38. The highest BCUT2D eigenvalue weighted by molar-refractivity contribution is 7.89. The van der Waals surface area contributed by atoms with E-state index in [1.165, 1.54) is 11.3 Å². The minimum atomic E-state index is -3.22. The van der Waals surface area contributed by atoms with Crippen molar-refractivity contribution in [1.82, 2.24) is 4.31 Å². The van der Waals surface area contributed by atoms with Crippen molar-refractivity contribution in [1.29, 1.82) is 0 Å². The van der Waals surface area contributed by atoms with Crippen molar-refractivity contribution in [2.45, 2.75) is 50.5 Å². The van der Waals surface area contributed by atoms with Crippen molar-refractivity contribution in [3.8, 4) is 0 Å². The normalized spacial score (nSPS) is 24.0. The molecular weight excluding hydrogens is 374 g/mol. The second kappa shape index (κ2) is 6.89. The van der Waals surface area contributed by atoms with Gasteiger partial charge in [0.25, 0.3) is 0 Å². The number of ether oxygens (including phenoxy) is 1. The maximum absolute atomic E-state index is 12.8. The highest BCUT2D eigenvalue weighted by Gasteiger charge is 2.45. The van der Waals surface area contributed by atoms with Gasteiger partial charge in [0.15, 0.2) is 0 Å². The third-order valence-corrected chi connectivity index (χ3v) is 9.42. The van der Waals surface area contributed by atoms with Crippen molar-refractivity contribution in [3.63, 3.8) is 0 Å². The van der Waals surface area contributed by atoms with Gasteiger partial charge >= 0.3 is 5.97 Å². The van der Waals surface area contributed by atoms with E-state index < -0.39 is 21.6 Å². The summed E-state index contributed by atoms with van der Waals surface area (Å²) in [6, 6.07) is 1.76. The molecule has 1 aliphatic carbocycles. The fourth-order valence-electron chi connectivity index (χ4n) is 4.60. The average molecular weight is 400 g/mol. The molecule has 6 nitrogen and oxygen atoms in total. The highest BCUT2D eigenvalue weighted by Crippen LogP contribution is 2.46. The first-order valence-corrected chi connectivity index (χ1v) is 11.8. The third kappa shape index (κ3) is 3.32. The molecule has 1 N–H and O–H groups in total. The van der Waals surface area contributed by atoms with E-state index in [0.717, 1.165) is 42.5 Å². The molecule has 1 spiro atoms. The Hall–Kier alpha value is -0.960. The number of carboxylic acid groups (broad SMARTS) is 1. The molecule has 1 saturated heterocycles. The van der Waals surface area contributed by atoms with Crippen molar-refractivity contribution >= 4 is 27.3 Å². The van der Waals surface area contributed by atoms with Gasteiger partial charge in [-0.25, -0.2) is 17.5 Å². The minimum absolute atomic E-state index is 0.272. The molecule has 0 aromatic carbocycles. The number of rotatable bonds is 4. The van der Waals surface area contributed by atoms with E-state index in [-0.39, 0.29) is 5.75 Å². The largest absolute Gasteiger partial charge is 0.477 e. The molecule has 4 rings (SSSR count). The maximum Gasteiger partial charge on any atom is 0.345 e. The predicted octanol–water partition coefficient (Wildman–Crippen LogP) is 2.83. The standard InChI is InChI=1S/C18H25NO5S2/c20-17(21)15-11-14-5-10-24-18(16(14)25-15)6-8-19(9-7-18)26(22,23)12-13-3-1-2-4-13/h11,13H,1-10,12H2,(H,20,21). The number of aromatic carboxylic acids is 1. The maximum atomic E-state index is 12.8. The van der Waals surface area contributed by atoms with Crippen LogP contribution >= 0.6 is 11.3 Å². The Labute approximate surface area is 158 Å². The topological polar surface area (TPSA) is 83.9 Å². The lowest BCUT2D eigenvalue weighted by molar-refractivity contribution is -0.0862. The van der Waals surface area contributed by atoms with E-state index in [1.807, 2.05) is 0 Å². The second-order valence-electron chi connectivity index (χ2n) is 7.69. The van der Waals surface area contributed by atoms with Crippen LogP contribution in [0.4, 0.5) is 0 Å². The Morgan fingerprint density at radius 1 is 1.31 bits per heavy atom. The lowest BCUT2D eigenvalue weighted by Crippen LogP contribution is -2.48. The van der Waals surface area contributed by atoms with Gasteiger partial charge in [0.05, 0.1) is 12.4 Å². The molecule has 26 heavy (non-hydrogen) atoms. The predicted molar refractivity (Wildman–Crippen MR) is 99.2 cm³/mol. The Kier molecular flexibility index (Phi) is 4.88. The van der Waals surface area contributed by atoms with E-state index in [4.69, 9.17) is 4.74 Å². The van der Waals surface area contributed by atoms with E-state index in [9.17, 15) is 18.3 Å². The van der Waals surface area contributed by atoms with Crippen LogP contribution in [-0.4, -0.2) is 49.2 Å². The summed E-state index contributed by atoms with van der Waals surface area (Å²) in [6.45, 7) is 1.47. The van der Waals surface area contributed by atoms with Crippen LogP contribution in [0.25, 0.3) is 0 Å². The number of carboxylic acids is 1. The van der Waals surface area contributed by atoms with Gasteiger partial charge in [-0.3, -0.25) is 0 Å². The van der Waals surface area contributed by atoms with Gasteiger partial charge in [0.2, 0.25) is 10.0 Å². The highest BCUT2D eigenvalue weighted by atomic mass is 32.2. The lowest BCUT2D eigenvalue weighted by Gasteiger charge is -2.43. The van der Waals surface area contributed by atoms with E-state index in [1.54, 1.807) is 10.4 Å². The molecule has 0 radical (unpaired) electrons. The van der Waals surface area contributed by atoms with Crippen LogP contribution < -0.4 is 0 Å². The molecule has 0 atom stereocenters. The first-order chi connectivity index (χ1) is 12.4. The fraction of sp³-hybridized carbons (Fsp3) is 0.722. The summed E-state index contributed by atoms with van der Waals surface area (Å²) < 4.78 is 33.3. The monoisotopic (exact) mass is 399 g/mol. The van der Waals surface area contributed by atoms with Gasteiger partial charge in [0, 0.05) is 18.0 Å². The zero-order chi connectivity index (χ0) is 18.4. The molecule has 1 saturated carbocycles. The average Bonchev–Trinajstić information content (AvgIpc) is 3.25. The van der Waals surface area contributed by atoms with Gasteiger partial charge in [-0.15, -0.1) is 11.3 Å². The molecule has 0 unspecified atom stereocenters. The molecule has 0 amide bonds. The van der Waals surface area contributed by atoms with Crippen LogP contribution in [0.3, 0.4) is 0 Å². The fourth-order valence-corrected chi connectivity index (χ4v) is 7.73. The number of hydrogen-bond donors (Lipinski definition) is 1. The van der Waals surface area contributed by atoms with Crippen molar-refractivity contribution in [2.24, 2.45) is 5.92 Å². The van der Waals surface area contributed by atoms with Crippen molar-refractivity contribution in [2.75, 3.05) is 25.4 Å². The Morgan fingerprint density at radius 2 is 2.00 bits per heavy atom. The van der Waals surface area contributed by atoms with Gasteiger partial charge in [-0.1, -0.05) is 12.8 Å². The molecule has 1 aromatic rings. The number of thiophene rings is 1. The Bertz CT molecular complexity index is 787. The van der Waals surface area contributed by atoms with Gasteiger partial charge in [-0.05, 0) is 49.7 Å². The number of hydrogen-bond acceptors (Lipinski definition) is 5. The Morgan fingerprint density at radius 3 is 2.65 bits per heavy atom. The molecule has 3 aliphatic rings. The number of carbonyl (C=O) groups is 1. The van der Waals surface area contributed by atoms with Crippen LogP contribution in [0, 0.1) is 5.92 Å². The summed E-state index contributed by atoms with van der Waals surface area (Å²) >= 11 is 1.29. The molecule has 8 heteroatoms. The first kappa shape index (κ1) is 18.4. The number of fused-ring (bicyclic) bond motifs is 2. The van der Waals surface area contributed by atoms with Crippen LogP contribution in [0.2, 0.25) is 0 Å². The number of sulfonamides is 1. The SMILES string of the molecule is O=C(O)c1cc2c(s1)C1(CCN(S(=O)(=O)CC3CCCC3)CC1)OCC2. The van der Waals surface area contributed by atoms with E-state index >= 15 is 0 Å². The summed E-state index contributed by atoms with van der Waals surface area (Å²) in [4.78, 5) is 12.7. The number of nitrogens with zero attached hydrogens (tertiary/aromatic N) is 1. The van der Waals surface area contributed by atoms with Gasteiger partial charge in [0.1, 0.15) is 10.5 Å². The molecule has 3 heterocycles. The lowest BCUT2D eigenvalue weighted by atomic mass is 9.86. The molecule has 0 bridgehead atoms. The summed E-state index contributed by atoms with van der Waals surface area (Å²) in [5, 5.41) is 9.29. The summed E-state index contributed by atoms with van der Waals surface area (Å²) in [7, 11) is -3.22. The second-order valence-corrected chi connectivity index (χ2v) is 10.8. The minimum Gasteiger partial charge on any atom is -0.477 e. The van der Waals surface area contributed by atoms with Crippen LogP contribution in [0.1, 0.15) is 58.6 Å².